The van der Waals surface area contributed by atoms with E-state index in [4.69, 9.17) is 16.1 Å². The molecule has 9 heteroatoms. The van der Waals surface area contributed by atoms with Gasteiger partial charge in [-0.25, -0.2) is 4.39 Å². The molecule has 0 radical (unpaired) electrons. The highest BCUT2D eigenvalue weighted by molar-refractivity contribution is 6.30. The maximum atomic E-state index is 13.6. The van der Waals surface area contributed by atoms with Gasteiger partial charge >= 0.3 is 0 Å². The van der Waals surface area contributed by atoms with Crippen LogP contribution in [0.3, 0.4) is 0 Å². The van der Waals surface area contributed by atoms with E-state index in [1.807, 2.05) is 0 Å². The maximum Gasteiger partial charge on any atom is 0.272 e. The monoisotopic (exact) mass is 414 g/mol. The van der Waals surface area contributed by atoms with Crippen molar-refractivity contribution in [1.82, 2.24) is 19.5 Å². The Morgan fingerprint density at radius 2 is 1.97 bits per heavy atom. The minimum absolute atomic E-state index is 0.232. The first-order valence-corrected chi connectivity index (χ1v) is 9.47. The molecule has 2 aliphatic rings. The second kappa shape index (κ2) is 6.18. The first kappa shape index (κ1) is 17.9. The van der Waals surface area contributed by atoms with Crippen LogP contribution in [0.1, 0.15) is 32.1 Å². The van der Waals surface area contributed by atoms with Gasteiger partial charge in [-0.15, -0.1) is 0 Å². The van der Waals surface area contributed by atoms with E-state index in [0.717, 1.165) is 0 Å². The van der Waals surface area contributed by atoms with Gasteiger partial charge in [0.15, 0.2) is 5.66 Å². The first-order valence-electron chi connectivity index (χ1n) is 9.09. The van der Waals surface area contributed by atoms with E-state index in [1.54, 1.807) is 45.6 Å². The predicted octanol–water partition coefficient (Wildman–Crippen LogP) is 3.04. The Balaban J connectivity index is 1.72. The number of aryl methyl sites for hydroxylation is 1. The summed E-state index contributed by atoms with van der Waals surface area (Å²) >= 11 is 6.34. The molecule has 2 aromatic heterocycles. The van der Waals surface area contributed by atoms with Crippen molar-refractivity contribution in [1.29, 1.82) is 0 Å². The molecule has 1 aromatic carbocycles. The van der Waals surface area contributed by atoms with Gasteiger partial charge < -0.3 is 18.9 Å². The molecular weight excluding hydrogens is 399 g/mol. The van der Waals surface area contributed by atoms with Crippen LogP contribution in [-0.2, 0) is 12.2 Å². The lowest BCUT2D eigenvalue weighted by Crippen LogP contribution is -2.60. The second-order valence-electron chi connectivity index (χ2n) is 7.18. The Morgan fingerprint density at radius 1 is 1.21 bits per heavy atom. The van der Waals surface area contributed by atoms with E-state index in [1.165, 1.54) is 18.4 Å². The SMILES string of the molecule is Cc1nocc1C(=O)N1CCN2C(=O)c3ccc(Cl)n3CC12c1ccc(F)cc1. The first-order chi connectivity index (χ1) is 13.9. The molecule has 4 heterocycles. The fourth-order valence-electron chi connectivity index (χ4n) is 4.34. The van der Waals surface area contributed by atoms with Crippen LogP contribution < -0.4 is 0 Å². The smallest absolute Gasteiger partial charge is 0.272 e. The fourth-order valence-corrected chi connectivity index (χ4v) is 4.55. The Kier molecular flexibility index (Phi) is 3.82. The molecule has 5 rings (SSSR count). The summed E-state index contributed by atoms with van der Waals surface area (Å²) < 4.78 is 20.3. The minimum atomic E-state index is -1.14. The summed E-state index contributed by atoms with van der Waals surface area (Å²) in [5.74, 6) is -0.941. The van der Waals surface area contributed by atoms with Crippen molar-refractivity contribution in [2.24, 2.45) is 0 Å². The van der Waals surface area contributed by atoms with Crippen molar-refractivity contribution < 1.29 is 18.5 Å². The zero-order valence-electron chi connectivity index (χ0n) is 15.4. The molecule has 0 N–H and O–H groups in total. The van der Waals surface area contributed by atoms with Crippen LogP contribution in [0.5, 0.6) is 0 Å². The van der Waals surface area contributed by atoms with Gasteiger partial charge in [-0.05, 0) is 31.2 Å². The van der Waals surface area contributed by atoms with Gasteiger partial charge in [-0.3, -0.25) is 9.59 Å². The molecule has 1 atom stereocenters. The van der Waals surface area contributed by atoms with Crippen molar-refractivity contribution in [3.63, 3.8) is 0 Å². The molecule has 7 nitrogen and oxygen atoms in total. The van der Waals surface area contributed by atoms with E-state index < -0.39 is 11.5 Å². The lowest BCUT2D eigenvalue weighted by Gasteiger charge is -2.47. The number of fused-ring (bicyclic) bond motifs is 2. The predicted molar refractivity (Wildman–Crippen MR) is 101 cm³/mol. The topological polar surface area (TPSA) is 71.6 Å². The molecule has 1 unspecified atom stereocenters. The summed E-state index contributed by atoms with van der Waals surface area (Å²) in [5, 5.41) is 4.20. The van der Waals surface area contributed by atoms with Crippen LogP contribution in [0.15, 0.2) is 47.2 Å². The van der Waals surface area contributed by atoms with Crippen LogP contribution in [0, 0.1) is 12.7 Å². The Hall–Kier alpha value is -3.13. The Morgan fingerprint density at radius 3 is 2.66 bits per heavy atom. The van der Waals surface area contributed by atoms with Gasteiger partial charge in [0, 0.05) is 18.7 Å². The molecule has 148 valence electrons. The Labute approximate surface area is 170 Å². The molecule has 2 aliphatic heterocycles. The quantitative estimate of drug-likeness (QED) is 0.646. The molecule has 1 fully saturated rings. The number of carbonyl (C=O) groups is 2. The largest absolute Gasteiger partial charge is 0.364 e. The zero-order chi connectivity index (χ0) is 20.3. The maximum absolute atomic E-state index is 13.6. The van der Waals surface area contributed by atoms with Crippen molar-refractivity contribution in [3.05, 3.63) is 76.1 Å². The number of carbonyl (C=O) groups excluding carboxylic acids is 2. The van der Waals surface area contributed by atoms with E-state index >= 15 is 0 Å². The number of nitrogens with zero attached hydrogens (tertiary/aromatic N) is 4. The molecule has 0 spiro atoms. The van der Waals surface area contributed by atoms with Gasteiger partial charge in [-0.2, -0.15) is 0 Å². The van der Waals surface area contributed by atoms with Crippen molar-refractivity contribution in [2.75, 3.05) is 13.1 Å². The zero-order valence-corrected chi connectivity index (χ0v) is 16.2. The van der Waals surface area contributed by atoms with Gasteiger partial charge in [0.1, 0.15) is 28.5 Å². The lowest BCUT2D eigenvalue weighted by molar-refractivity contribution is -0.00595. The van der Waals surface area contributed by atoms with Gasteiger partial charge in [0.05, 0.1) is 12.2 Å². The summed E-state index contributed by atoms with van der Waals surface area (Å²) in [6.45, 7) is 2.58. The third-order valence-electron chi connectivity index (χ3n) is 5.74. The van der Waals surface area contributed by atoms with Gasteiger partial charge in [0.2, 0.25) is 0 Å². The van der Waals surface area contributed by atoms with E-state index in [9.17, 15) is 14.0 Å². The highest BCUT2D eigenvalue weighted by Crippen LogP contribution is 2.44. The average molecular weight is 415 g/mol. The highest BCUT2D eigenvalue weighted by Gasteiger charge is 2.56. The number of amides is 2. The molecule has 3 aromatic rings. The number of hydrogen-bond acceptors (Lipinski definition) is 4. The van der Waals surface area contributed by atoms with Crippen molar-refractivity contribution in [3.8, 4) is 0 Å². The fraction of sp³-hybridized carbons (Fsp3) is 0.250. The number of halogens is 2. The van der Waals surface area contributed by atoms with E-state index in [-0.39, 0.29) is 18.4 Å². The van der Waals surface area contributed by atoms with Crippen LogP contribution in [0.2, 0.25) is 5.15 Å². The summed E-state index contributed by atoms with van der Waals surface area (Å²) in [5.41, 5.74) is 0.738. The highest BCUT2D eigenvalue weighted by atomic mass is 35.5. The summed E-state index contributed by atoms with van der Waals surface area (Å²) in [6, 6.07) is 9.18. The summed E-state index contributed by atoms with van der Waals surface area (Å²) in [6.07, 6.45) is 1.30. The lowest BCUT2D eigenvalue weighted by atomic mass is 9.93. The standard InChI is InChI=1S/C20H16ClFN4O3/c1-12-15(10-29-23-12)18(27)25-8-9-26-19(28)16-6-7-17(21)24(16)11-20(25,26)13-2-4-14(22)5-3-13/h2-7,10H,8-9,11H2,1H3. The van der Waals surface area contributed by atoms with Crippen LogP contribution in [0.25, 0.3) is 0 Å². The molecule has 2 amide bonds. The molecule has 0 bridgehead atoms. The van der Waals surface area contributed by atoms with Crippen molar-refractivity contribution in [2.45, 2.75) is 19.1 Å². The van der Waals surface area contributed by atoms with E-state index in [2.05, 4.69) is 5.16 Å². The van der Waals surface area contributed by atoms with Crippen LogP contribution in [-0.4, -0.2) is 44.4 Å². The average Bonchev–Trinajstić information content (AvgIpc) is 3.40. The number of aromatic nitrogens is 2. The molecular formula is C20H16ClFN4O3. The molecule has 0 aliphatic carbocycles. The van der Waals surface area contributed by atoms with Gasteiger partial charge in [0.25, 0.3) is 11.8 Å². The summed E-state index contributed by atoms with van der Waals surface area (Å²) in [7, 11) is 0. The third kappa shape index (κ3) is 2.38. The summed E-state index contributed by atoms with van der Waals surface area (Å²) in [4.78, 5) is 30.0. The normalized spacial score (nSPS) is 20.7. The Bertz CT molecular complexity index is 1140. The second-order valence-corrected chi connectivity index (χ2v) is 7.57. The van der Waals surface area contributed by atoms with Crippen LogP contribution >= 0.6 is 11.6 Å². The van der Waals surface area contributed by atoms with E-state index in [0.29, 0.717) is 40.8 Å². The van der Waals surface area contributed by atoms with Gasteiger partial charge in [-0.1, -0.05) is 28.9 Å². The van der Waals surface area contributed by atoms with Crippen molar-refractivity contribution >= 4 is 23.4 Å². The number of benzene rings is 1. The molecule has 0 saturated carbocycles. The minimum Gasteiger partial charge on any atom is -0.364 e. The molecule has 1 saturated heterocycles. The third-order valence-corrected chi connectivity index (χ3v) is 6.07. The number of rotatable bonds is 2. The molecule has 29 heavy (non-hydrogen) atoms. The number of hydrogen-bond donors (Lipinski definition) is 0. The van der Waals surface area contributed by atoms with Crippen LogP contribution in [0.4, 0.5) is 4.39 Å².